The number of aliphatic hydroxyl groups is 1. The Morgan fingerprint density at radius 3 is 2.68 bits per heavy atom. The molecule has 2 unspecified atom stereocenters. The van der Waals surface area contributed by atoms with E-state index in [1.54, 1.807) is 12.1 Å². The number of aromatic nitrogens is 2. The predicted molar refractivity (Wildman–Crippen MR) is 120 cm³/mol. The molecule has 0 aliphatic carbocycles. The number of benzene rings is 1. The van der Waals surface area contributed by atoms with Gasteiger partial charge in [-0.25, -0.2) is 18.7 Å². The second-order valence-electron chi connectivity index (χ2n) is 7.41. The fourth-order valence-corrected chi connectivity index (χ4v) is 3.43. The Morgan fingerprint density at radius 1 is 1.24 bits per heavy atom. The number of aromatic amines is 1. The lowest BCUT2D eigenvalue weighted by molar-refractivity contribution is -0.378. The highest BCUT2D eigenvalue weighted by Gasteiger charge is 2.29. The van der Waals surface area contributed by atoms with Gasteiger partial charge in [-0.05, 0) is 36.8 Å². The summed E-state index contributed by atoms with van der Waals surface area (Å²) in [6.07, 6.45) is 4.95. The second-order valence-corrected chi connectivity index (χ2v) is 7.41. The number of halogens is 2. The van der Waals surface area contributed by atoms with Gasteiger partial charge in [0.15, 0.2) is 24.0 Å². The van der Waals surface area contributed by atoms with E-state index < -0.39 is 11.6 Å². The molecule has 0 bridgehead atoms. The minimum Gasteiger partial charge on any atom is -0.453 e. The van der Waals surface area contributed by atoms with Crippen molar-refractivity contribution < 1.29 is 33.1 Å². The van der Waals surface area contributed by atoms with Crippen molar-refractivity contribution in [2.24, 2.45) is 0 Å². The van der Waals surface area contributed by atoms with Crippen molar-refractivity contribution in [1.29, 1.82) is 0 Å². The Morgan fingerprint density at radius 2 is 2.00 bits per heavy atom. The Labute approximate surface area is 196 Å². The SMILES string of the molecule is CC(C(=O)Nc1ccc(Oc2ccc(F)cc2F)cn1)N1CCOC(c2cc[nH+]cc2)C1.CO. The molecule has 34 heavy (non-hydrogen) atoms. The summed E-state index contributed by atoms with van der Waals surface area (Å²) in [4.78, 5) is 22.0. The minimum atomic E-state index is -0.811. The summed E-state index contributed by atoms with van der Waals surface area (Å²) in [5, 5.41) is 9.79. The first-order chi connectivity index (χ1) is 16.5. The van der Waals surface area contributed by atoms with Crippen LogP contribution >= 0.6 is 0 Å². The summed E-state index contributed by atoms with van der Waals surface area (Å²) < 4.78 is 38.0. The van der Waals surface area contributed by atoms with Crippen molar-refractivity contribution >= 4 is 11.7 Å². The molecule has 2 aromatic heterocycles. The van der Waals surface area contributed by atoms with E-state index in [2.05, 4.69) is 20.2 Å². The molecule has 0 radical (unpaired) electrons. The number of amides is 1. The van der Waals surface area contributed by atoms with E-state index in [1.807, 2.05) is 31.5 Å². The number of hydrogen-bond acceptors (Lipinski definition) is 6. The molecule has 0 spiro atoms. The summed E-state index contributed by atoms with van der Waals surface area (Å²) in [7, 11) is 1.00. The summed E-state index contributed by atoms with van der Waals surface area (Å²) in [6.45, 7) is 3.62. The molecule has 3 heterocycles. The van der Waals surface area contributed by atoms with Gasteiger partial charge in [-0.1, -0.05) is 0 Å². The largest absolute Gasteiger partial charge is 0.453 e. The van der Waals surface area contributed by atoms with Crippen molar-refractivity contribution in [3.63, 3.8) is 0 Å². The molecular formula is C24H27F2N4O4+. The summed E-state index contributed by atoms with van der Waals surface area (Å²) in [5.41, 5.74) is 1.05. The highest BCUT2D eigenvalue weighted by atomic mass is 19.1. The maximum absolute atomic E-state index is 13.7. The molecule has 180 valence electrons. The molecule has 3 N–H and O–H groups in total. The van der Waals surface area contributed by atoms with E-state index in [1.165, 1.54) is 12.3 Å². The van der Waals surface area contributed by atoms with Crippen molar-refractivity contribution in [3.8, 4) is 11.5 Å². The van der Waals surface area contributed by atoms with Gasteiger partial charge in [0, 0.05) is 38.4 Å². The normalized spacial score (nSPS) is 16.7. The van der Waals surface area contributed by atoms with E-state index in [0.717, 1.165) is 24.8 Å². The number of nitrogens with one attached hydrogen (secondary N) is 2. The third kappa shape index (κ3) is 6.53. The first-order valence-electron chi connectivity index (χ1n) is 10.7. The minimum absolute atomic E-state index is 0.102. The van der Waals surface area contributed by atoms with Crippen molar-refractivity contribution in [3.05, 3.63) is 78.3 Å². The Kier molecular flexibility index (Phi) is 8.97. The number of hydrogen-bond donors (Lipinski definition) is 2. The van der Waals surface area contributed by atoms with Crippen molar-refractivity contribution in [2.75, 3.05) is 32.1 Å². The molecule has 1 aliphatic heterocycles. The van der Waals surface area contributed by atoms with Gasteiger partial charge in [0.25, 0.3) is 0 Å². The molecule has 4 rings (SSSR count). The fourth-order valence-electron chi connectivity index (χ4n) is 3.43. The Hall–Kier alpha value is -3.47. The number of anilines is 1. The molecular weight excluding hydrogens is 446 g/mol. The van der Waals surface area contributed by atoms with Gasteiger partial charge in [-0.2, -0.15) is 0 Å². The van der Waals surface area contributed by atoms with Gasteiger partial charge in [0.05, 0.1) is 24.9 Å². The standard InChI is InChI=1S/C23H22F2N4O3.CH4O/c1-15(29-10-11-31-21(14-29)16-6-8-26-9-7-16)23(30)28-22-5-3-18(13-27-22)32-20-4-2-17(24)12-19(20)25;1-2/h2-9,12-13,15,21H,10-11,14H2,1H3,(H,27,28,30);2H,1H3/p+1. The molecule has 3 aromatic rings. The van der Waals surface area contributed by atoms with Gasteiger partial charge in [0.2, 0.25) is 5.91 Å². The molecule has 8 nitrogen and oxygen atoms in total. The Balaban J connectivity index is 0.00000158. The van der Waals surface area contributed by atoms with Gasteiger partial charge >= 0.3 is 0 Å². The van der Waals surface area contributed by atoms with E-state index in [9.17, 15) is 13.6 Å². The Bertz CT molecular complexity index is 1070. The molecule has 10 heteroatoms. The molecule has 2 atom stereocenters. The van der Waals surface area contributed by atoms with E-state index in [-0.39, 0.29) is 29.6 Å². The van der Waals surface area contributed by atoms with Crippen LogP contribution in [0, 0.1) is 11.6 Å². The zero-order valence-electron chi connectivity index (χ0n) is 18.9. The highest BCUT2D eigenvalue weighted by Crippen LogP contribution is 2.26. The maximum atomic E-state index is 13.7. The number of pyridine rings is 2. The fraction of sp³-hybridized carbons (Fsp3) is 0.292. The van der Waals surface area contributed by atoms with E-state index in [4.69, 9.17) is 14.6 Å². The first-order valence-corrected chi connectivity index (χ1v) is 10.7. The number of aliphatic hydroxyl groups excluding tert-OH is 1. The molecule has 1 amide bonds. The van der Waals surface area contributed by atoms with Crippen LogP contribution in [0.5, 0.6) is 11.5 Å². The van der Waals surface area contributed by atoms with Gasteiger partial charge in [-0.15, -0.1) is 0 Å². The zero-order valence-corrected chi connectivity index (χ0v) is 18.9. The number of carbonyl (C=O) groups excluding carboxylic acids is 1. The monoisotopic (exact) mass is 473 g/mol. The quantitative estimate of drug-likeness (QED) is 0.571. The predicted octanol–water partition coefficient (Wildman–Crippen LogP) is 2.98. The summed E-state index contributed by atoms with van der Waals surface area (Å²) in [5.74, 6) is -1.20. The van der Waals surface area contributed by atoms with Gasteiger partial charge in [-0.3, -0.25) is 9.69 Å². The van der Waals surface area contributed by atoms with Crippen LogP contribution in [0.25, 0.3) is 0 Å². The van der Waals surface area contributed by atoms with E-state index in [0.29, 0.717) is 25.5 Å². The topological polar surface area (TPSA) is 98.1 Å². The van der Waals surface area contributed by atoms with Crippen LogP contribution in [0.15, 0.2) is 61.1 Å². The first kappa shape index (κ1) is 25.2. The lowest BCUT2D eigenvalue weighted by Gasteiger charge is -2.36. The number of H-pyrrole nitrogens is 1. The number of ether oxygens (including phenoxy) is 2. The third-order valence-electron chi connectivity index (χ3n) is 5.25. The summed E-state index contributed by atoms with van der Waals surface area (Å²) in [6, 6.07) is 9.69. The number of rotatable bonds is 6. The molecule has 1 saturated heterocycles. The zero-order chi connectivity index (χ0) is 24.5. The maximum Gasteiger partial charge on any atom is 0.242 e. The van der Waals surface area contributed by atoms with Crippen molar-refractivity contribution in [2.45, 2.75) is 19.1 Å². The number of carbonyl (C=O) groups is 1. The van der Waals surface area contributed by atoms with Crippen LogP contribution in [0.2, 0.25) is 0 Å². The van der Waals surface area contributed by atoms with Crippen LogP contribution < -0.4 is 15.0 Å². The second kappa shape index (κ2) is 12.1. The number of nitrogens with zero attached hydrogens (tertiary/aromatic N) is 2. The van der Waals surface area contributed by atoms with Crippen LogP contribution in [0.1, 0.15) is 18.6 Å². The summed E-state index contributed by atoms with van der Waals surface area (Å²) >= 11 is 0. The molecule has 0 saturated carbocycles. The van der Waals surface area contributed by atoms with Crippen LogP contribution in [0.4, 0.5) is 14.6 Å². The average Bonchev–Trinajstić information content (AvgIpc) is 2.88. The number of morpholine rings is 1. The molecule has 1 aromatic carbocycles. The van der Waals surface area contributed by atoms with Crippen LogP contribution in [0.3, 0.4) is 0 Å². The molecule has 1 aliphatic rings. The van der Waals surface area contributed by atoms with Crippen LogP contribution in [-0.4, -0.2) is 53.7 Å². The van der Waals surface area contributed by atoms with Gasteiger partial charge in [0.1, 0.15) is 17.4 Å². The van der Waals surface area contributed by atoms with Crippen molar-refractivity contribution in [1.82, 2.24) is 9.88 Å². The lowest BCUT2D eigenvalue weighted by atomic mass is 10.1. The third-order valence-corrected chi connectivity index (χ3v) is 5.25. The molecule has 1 fully saturated rings. The van der Waals surface area contributed by atoms with Crippen LogP contribution in [-0.2, 0) is 9.53 Å². The van der Waals surface area contributed by atoms with E-state index >= 15 is 0 Å². The smallest absolute Gasteiger partial charge is 0.242 e. The lowest BCUT2D eigenvalue weighted by Crippen LogP contribution is -2.48. The average molecular weight is 474 g/mol. The van der Waals surface area contributed by atoms with Gasteiger partial charge < -0.3 is 19.9 Å². The highest BCUT2D eigenvalue weighted by molar-refractivity contribution is 5.93.